The van der Waals surface area contributed by atoms with E-state index in [1.807, 2.05) is 5.32 Å². The number of amides is 2. The van der Waals surface area contributed by atoms with Crippen molar-refractivity contribution in [2.75, 3.05) is 18.5 Å². The van der Waals surface area contributed by atoms with Crippen LogP contribution in [0.4, 0.5) is 36.8 Å². The van der Waals surface area contributed by atoms with Crippen LogP contribution in [0.5, 0.6) is 0 Å². The number of ether oxygens (including phenoxy) is 1. The van der Waals surface area contributed by atoms with Gasteiger partial charge in [-0.05, 0) is 37.3 Å². The third-order valence-corrected chi connectivity index (χ3v) is 3.94. The summed E-state index contributed by atoms with van der Waals surface area (Å²) in [5.41, 5.74) is -3.84. The van der Waals surface area contributed by atoms with E-state index in [1.165, 1.54) is 18.4 Å². The number of hydrogen-bond acceptors (Lipinski definition) is 4. The molecule has 0 spiro atoms. The van der Waals surface area contributed by atoms with Gasteiger partial charge in [-0.25, -0.2) is 4.79 Å². The van der Waals surface area contributed by atoms with Crippen molar-refractivity contribution in [3.63, 3.8) is 0 Å². The highest BCUT2D eigenvalue weighted by molar-refractivity contribution is 5.89. The van der Waals surface area contributed by atoms with E-state index in [1.54, 1.807) is 6.92 Å². The molecular weight excluding hydrogens is 434 g/mol. The van der Waals surface area contributed by atoms with Gasteiger partial charge in [-0.1, -0.05) is 0 Å². The Morgan fingerprint density at radius 3 is 2.16 bits per heavy atom. The quantitative estimate of drug-likeness (QED) is 0.457. The first-order chi connectivity index (χ1) is 14.4. The second-order valence-corrected chi connectivity index (χ2v) is 6.28. The molecule has 1 aromatic carbocycles. The van der Waals surface area contributed by atoms with Gasteiger partial charge in [0.05, 0.1) is 37.0 Å². The first kappa shape index (κ1) is 24.1. The number of halogens is 6. The van der Waals surface area contributed by atoms with Gasteiger partial charge in [-0.15, -0.1) is 0 Å². The molecule has 170 valence electrons. The van der Waals surface area contributed by atoms with Crippen LogP contribution >= 0.6 is 0 Å². The maximum Gasteiger partial charge on any atom is 0.416 e. The molecule has 0 aliphatic carbocycles. The van der Waals surface area contributed by atoms with Crippen LogP contribution in [0.1, 0.15) is 30.2 Å². The molecule has 0 bridgehead atoms. The minimum atomic E-state index is -5.06. The Balaban J connectivity index is 2.27. The molecule has 0 aliphatic heterocycles. The Morgan fingerprint density at radius 1 is 1.06 bits per heavy atom. The molecule has 0 aliphatic rings. The highest BCUT2D eigenvalue weighted by Crippen LogP contribution is 2.37. The van der Waals surface area contributed by atoms with E-state index < -0.39 is 41.2 Å². The lowest BCUT2D eigenvalue weighted by atomic mass is 10.1. The van der Waals surface area contributed by atoms with Gasteiger partial charge in [0, 0.05) is 12.2 Å². The van der Waals surface area contributed by atoms with Crippen molar-refractivity contribution in [3.8, 4) is 0 Å². The van der Waals surface area contributed by atoms with Crippen molar-refractivity contribution in [3.05, 3.63) is 53.5 Å². The Bertz CT molecular complexity index is 862. The molecule has 2 rings (SSSR count). The smallest absolute Gasteiger partial charge is 0.416 e. The number of alkyl halides is 6. The predicted octanol–water partition coefficient (Wildman–Crippen LogP) is 5.30. The van der Waals surface area contributed by atoms with Gasteiger partial charge in [0.15, 0.2) is 0 Å². The number of urea groups is 1. The van der Waals surface area contributed by atoms with E-state index in [9.17, 15) is 35.9 Å². The van der Waals surface area contributed by atoms with Crippen molar-refractivity contribution in [1.82, 2.24) is 4.90 Å². The molecule has 1 aromatic heterocycles. The molecule has 1 N–H and O–H groups in total. The summed E-state index contributed by atoms with van der Waals surface area (Å²) in [5, 5.41) is 2.03. The molecule has 0 fully saturated rings. The lowest BCUT2D eigenvalue weighted by Gasteiger charge is -2.22. The summed E-state index contributed by atoms with van der Waals surface area (Å²) >= 11 is 0. The Morgan fingerprint density at radius 2 is 1.68 bits per heavy atom. The maximum absolute atomic E-state index is 13.0. The largest absolute Gasteiger partial charge is 0.467 e. The van der Waals surface area contributed by atoms with E-state index in [2.05, 4.69) is 0 Å². The molecule has 0 saturated heterocycles. The first-order valence-electron chi connectivity index (χ1n) is 8.93. The van der Waals surface area contributed by atoms with Crippen LogP contribution in [0.25, 0.3) is 0 Å². The number of esters is 1. The van der Waals surface area contributed by atoms with E-state index in [0.717, 1.165) is 4.90 Å². The van der Waals surface area contributed by atoms with Crippen molar-refractivity contribution in [2.45, 2.75) is 32.2 Å². The second kappa shape index (κ2) is 9.75. The molecule has 0 saturated carbocycles. The molecule has 2 amide bonds. The average Bonchev–Trinajstić information content (AvgIpc) is 3.16. The molecule has 0 unspecified atom stereocenters. The van der Waals surface area contributed by atoms with Crippen LogP contribution in [-0.2, 0) is 28.4 Å². The molecule has 1 heterocycles. The number of benzene rings is 1. The topological polar surface area (TPSA) is 71.8 Å². The number of anilines is 1. The number of hydrogen-bond donors (Lipinski definition) is 1. The average molecular weight is 452 g/mol. The summed E-state index contributed by atoms with van der Waals surface area (Å²) < 4.78 is 87.9. The zero-order chi connectivity index (χ0) is 23.2. The normalized spacial score (nSPS) is 11.8. The minimum Gasteiger partial charge on any atom is -0.467 e. The van der Waals surface area contributed by atoms with E-state index in [0.29, 0.717) is 17.9 Å². The van der Waals surface area contributed by atoms with Gasteiger partial charge in [0.1, 0.15) is 5.76 Å². The molecular formula is C19H18F6N2O4. The number of carbonyl (C=O) groups is 2. The minimum absolute atomic E-state index is 0.0446. The summed E-state index contributed by atoms with van der Waals surface area (Å²) in [6.07, 6.45) is -9.03. The summed E-state index contributed by atoms with van der Waals surface area (Å²) in [6, 6.07) is 2.76. The fourth-order valence-corrected chi connectivity index (χ4v) is 2.53. The molecule has 31 heavy (non-hydrogen) atoms. The van der Waals surface area contributed by atoms with Gasteiger partial charge in [0.2, 0.25) is 0 Å². The Hall–Kier alpha value is -3.18. The number of furan rings is 1. The number of carbonyl (C=O) groups excluding carboxylic acids is 2. The van der Waals surface area contributed by atoms with Gasteiger partial charge in [-0.3, -0.25) is 4.79 Å². The maximum atomic E-state index is 13.0. The molecule has 0 atom stereocenters. The molecule has 12 heteroatoms. The second-order valence-electron chi connectivity index (χ2n) is 6.28. The van der Waals surface area contributed by atoms with E-state index in [4.69, 9.17) is 9.15 Å². The van der Waals surface area contributed by atoms with Gasteiger partial charge in [-0.2, -0.15) is 26.3 Å². The van der Waals surface area contributed by atoms with Crippen molar-refractivity contribution < 1.29 is 45.1 Å². The van der Waals surface area contributed by atoms with Crippen LogP contribution in [0.3, 0.4) is 0 Å². The summed E-state index contributed by atoms with van der Waals surface area (Å²) in [7, 11) is 0. The third-order valence-electron chi connectivity index (χ3n) is 3.94. The van der Waals surface area contributed by atoms with E-state index in [-0.39, 0.29) is 32.2 Å². The number of nitrogens with one attached hydrogen (secondary N) is 1. The molecule has 6 nitrogen and oxygen atoms in total. The fraction of sp³-hybridized carbons (Fsp3) is 0.368. The zero-order valence-corrected chi connectivity index (χ0v) is 16.1. The molecule has 2 aromatic rings. The van der Waals surface area contributed by atoms with Gasteiger partial charge in [0.25, 0.3) is 0 Å². The summed E-state index contributed by atoms with van der Waals surface area (Å²) in [4.78, 5) is 25.2. The van der Waals surface area contributed by atoms with Crippen LogP contribution in [0.15, 0.2) is 41.0 Å². The number of rotatable bonds is 7. The summed E-state index contributed by atoms with van der Waals surface area (Å²) in [6.45, 7) is 1.30. The van der Waals surface area contributed by atoms with E-state index >= 15 is 0 Å². The standard InChI is InChI=1S/C19H18F6N2O4/c1-2-30-16(28)5-6-27(11-15-4-3-7-31-15)17(29)26-14-9-12(18(20,21)22)8-13(10-14)19(23,24)25/h3-4,7-10H,2,5-6,11H2,1H3,(H,26,29). The monoisotopic (exact) mass is 452 g/mol. The van der Waals surface area contributed by atoms with Crippen molar-refractivity contribution >= 4 is 17.7 Å². The van der Waals surface area contributed by atoms with Crippen molar-refractivity contribution in [2.24, 2.45) is 0 Å². The Labute approximate surface area is 172 Å². The van der Waals surface area contributed by atoms with Crippen LogP contribution < -0.4 is 5.32 Å². The number of nitrogens with zero attached hydrogens (tertiary/aromatic N) is 1. The lowest BCUT2D eigenvalue weighted by Crippen LogP contribution is -2.36. The van der Waals surface area contributed by atoms with Crippen LogP contribution in [-0.4, -0.2) is 30.1 Å². The predicted molar refractivity (Wildman–Crippen MR) is 95.8 cm³/mol. The van der Waals surface area contributed by atoms with Gasteiger partial charge >= 0.3 is 24.4 Å². The zero-order valence-electron chi connectivity index (χ0n) is 16.1. The SMILES string of the molecule is CCOC(=O)CCN(Cc1ccco1)C(=O)Nc1cc(C(F)(F)F)cc(C(F)(F)F)c1. The third kappa shape index (κ3) is 7.23. The molecule has 0 radical (unpaired) electrons. The highest BCUT2D eigenvalue weighted by atomic mass is 19.4. The fourth-order valence-electron chi connectivity index (χ4n) is 2.53. The first-order valence-corrected chi connectivity index (χ1v) is 8.93. The highest BCUT2D eigenvalue weighted by Gasteiger charge is 2.37. The van der Waals surface area contributed by atoms with Crippen molar-refractivity contribution in [1.29, 1.82) is 0 Å². The van der Waals surface area contributed by atoms with Crippen LogP contribution in [0, 0.1) is 0 Å². The lowest BCUT2D eigenvalue weighted by molar-refractivity contribution is -0.144. The Kier molecular flexibility index (Phi) is 7.58. The van der Waals surface area contributed by atoms with Crippen LogP contribution in [0.2, 0.25) is 0 Å². The van der Waals surface area contributed by atoms with Gasteiger partial charge < -0.3 is 19.4 Å². The summed E-state index contributed by atoms with van der Waals surface area (Å²) in [5.74, 6) is -0.336.